The van der Waals surface area contributed by atoms with Crippen LogP contribution in [-0.4, -0.2) is 15.0 Å². The summed E-state index contributed by atoms with van der Waals surface area (Å²) in [7, 11) is 0. The van der Waals surface area contributed by atoms with Crippen molar-refractivity contribution >= 4 is 5.82 Å². The van der Waals surface area contributed by atoms with Gasteiger partial charge in [-0.3, -0.25) is 4.98 Å². The minimum Gasteiger partial charge on any atom is -0.365 e. The third kappa shape index (κ3) is 3.25. The molecule has 5 heteroatoms. The van der Waals surface area contributed by atoms with Crippen molar-refractivity contribution in [3.05, 3.63) is 72.4 Å². The van der Waals surface area contributed by atoms with Crippen LogP contribution in [0.25, 0.3) is 11.1 Å². The lowest BCUT2D eigenvalue weighted by Crippen LogP contribution is -2.02. The second-order valence-corrected chi connectivity index (χ2v) is 4.69. The first-order valence-electron chi connectivity index (χ1n) is 6.80. The minimum atomic E-state index is 0.311. The Labute approximate surface area is 128 Å². The van der Waals surface area contributed by atoms with Crippen LogP contribution in [0.15, 0.2) is 61.2 Å². The predicted molar refractivity (Wildman–Crippen MR) is 83.7 cm³/mol. The van der Waals surface area contributed by atoms with E-state index in [1.807, 2.05) is 24.4 Å². The first-order chi connectivity index (χ1) is 10.8. The summed E-state index contributed by atoms with van der Waals surface area (Å²) in [5, 5.41) is 11.9. The summed E-state index contributed by atoms with van der Waals surface area (Å²) in [6, 6.07) is 14.2. The Balaban J connectivity index is 1.65. The Bertz CT molecular complexity index is 774. The van der Waals surface area contributed by atoms with E-state index in [1.54, 1.807) is 12.4 Å². The zero-order chi connectivity index (χ0) is 15.2. The minimum absolute atomic E-state index is 0.311. The largest absolute Gasteiger partial charge is 0.365 e. The maximum atomic E-state index is 8.68. The van der Waals surface area contributed by atoms with Gasteiger partial charge in [-0.15, -0.1) is 0 Å². The van der Waals surface area contributed by atoms with Crippen LogP contribution >= 0.6 is 0 Å². The molecule has 0 spiro atoms. The maximum Gasteiger partial charge on any atom is 0.158 e. The molecule has 0 saturated carbocycles. The van der Waals surface area contributed by atoms with Crippen molar-refractivity contribution in [2.24, 2.45) is 0 Å². The highest BCUT2D eigenvalue weighted by Crippen LogP contribution is 2.18. The van der Waals surface area contributed by atoms with Gasteiger partial charge in [-0.25, -0.2) is 9.97 Å². The van der Waals surface area contributed by atoms with E-state index in [9.17, 15) is 0 Å². The smallest absolute Gasteiger partial charge is 0.158 e. The molecular formula is C17H13N5. The van der Waals surface area contributed by atoms with Crippen LogP contribution in [0, 0.1) is 11.3 Å². The van der Waals surface area contributed by atoms with Gasteiger partial charge in [-0.1, -0.05) is 30.3 Å². The molecule has 0 unspecified atom stereocenters. The lowest BCUT2D eigenvalue weighted by Gasteiger charge is -2.06. The molecule has 3 aromatic rings. The van der Waals surface area contributed by atoms with Gasteiger partial charge < -0.3 is 5.32 Å². The molecule has 2 heterocycles. The second-order valence-electron chi connectivity index (χ2n) is 4.69. The molecule has 0 bridgehead atoms. The van der Waals surface area contributed by atoms with Gasteiger partial charge in [0.25, 0.3) is 0 Å². The summed E-state index contributed by atoms with van der Waals surface area (Å²) >= 11 is 0. The van der Waals surface area contributed by atoms with Crippen LogP contribution in [0.2, 0.25) is 0 Å². The molecule has 5 nitrogen and oxygen atoms in total. The summed E-state index contributed by atoms with van der Waals surface area (Å²) in [5.74, 6) is 0.648. The summed E-state index contributed by atoms with van der Waals surface area (Å²) in [6.45, 7) is 0.647. The van der Waals surface area contributed by atoms with E-state index < -0.39 is 0 Å². The van der Waals surface area contributed by atoms with Crippen LogP contribution in [-0.2, 0) is 6.54 Å². The Kier molecular flexibility index (Phi) is 4.03. The lowest BCUT2D eigenvalue weighted by atomic mass is 10.1. The van der Waals surface area contributed by atoms with Crippen molar-refractivity contribution in [1.29, 1.82) is 5.26 Å². The van der Waals surface area contributed by atoms with E-state index in [0.29, 0.717) is 18.1 Å². The Morgan fingerprint density at radius 3 is 2.45 bits per heavy atom. The fourth-order valence-corrected chi connectivity index (χ4v) is 2.02. The zero-order valence-corrected chi connectivity index (χ0v) is 11.8. The third-order valence-electron chi connectivity index (χ3n) is 3.19. The fourth-order valence-electron chi connectivity index (χ4n) is 2.02. The molecule has 0 amide bonds. The SMILES string of the molecule is N#Cc1cnc(NCc2ccc(-c3cccnc3)cc2)cn1. The summed E-state index contributed by atoms with van der Waals surface area (Å²) in [6.07, 6.45) is 6.62. The van der Waals surface area contributed by atoms with Crippen LogP contribution in [0.1, 0.15) is 11.3 Å². The van der Waals surface area contributed by atoms with E-state index in [0.717, 1.165) is 16.7 Å². The van der Waals surface area contributed by atoms with Crippen molar-refractivity contribution in [2.45, 2.75) is 6.54 Å². The number of pyridine rings is 1. The number of hydrogen-bond acceptors (Lipinski definition) is 5. The summed E-state index contributed by atoms with van der Waals surface area (Å²) in [4.78, 5) is 12.2. The van der Waals surface area contributed by atoms with Gasteiger partial charge in [0.05, 0.1) is 12.4 Å². The van der Waals surface area contributed by atoms with Gasteiger partial charge in [0.1, 0.15) is 11.9 Å². The molecule has 1 aromatic carbocycles. The molecule has 0 atom stereocenters. The number of aromatic nitrogens is 3. The van der Waals surface area contributed by atoms with Crippen LogP contribution < -0.4 is 5.32 Å². The van der Waals surface area contributed by atoms with E-state index in [4.69, 9.17) is 5.26 Å². The lowest BCUT2D eigenvalue weighted by molar-refractivity contribution is 1.08. The zero-order valence-electron chi connectivity index (χ0n) is 11.8. The molecule has 0 aliphatic rings. The quantitative estimate of drug-likeness (QED) is 0.798. The van der Waals surface area contributed by atoms with Gasteiger partial charge in [0, 0.05) is 18.9 Å². The van der Waals surface area contributed by atoms with Gasteiger partial charge in [0.15, 0.2) is 5.69 Å². The number of nitrogens with one attached hydrogen (secondary N) is 1. The topological polar surface area (TPSA) is 74.5 Å². The normalized spacial score (nSPS) is 9.95. The first kappa shape index (κ1) is 13.7. The Morgan fingerprint density at radius 2 is 1.82 bits per heavy atom. The third-order valence-corrected chi connectivity index (χ3v) is 3.19. The number of hydrogen-bond donors (Lipinski definition) is 1. The van der Waals surface area contributed by atoms with Gasteiger partial charge in [-0.05, 0) is 22.8 Å². The highest BCUT2D eigenvalue weighted by atomic mass is 15.0. The van der Waals surface area contributed by atoms with Crippen LogP contribution in [0.4, 0.5) is 5.82 Å². The van der Waals surface area contributed by atoms with Crippen LogP contribution in [0.3, 0.4) is 0 Å². The standard InChI is InChI=1S/C17H13N5/c18-8-16-11-22-17(12-20-16)21-9-13-3-5-14(6-4-13)15-2-1-7-19-10-15/h1-7,10-12H,9H2,(H,21,22). The summed E-state index contributed by atoms with van der Waals surface area (Å²) < 4.78 is 0. The van der Waals surface area contributed by atoms with E-state index in [1.165, 1.54) is 6.20 Å². The molecule has 0 aliphatic heterocycles. The molecular weight excluding hydrogens is 274 g/mol. The highest BCUT2D eigenvalue weighted by molar-refractivity contribution is 5.62. The van der Waals surface area contributed by atoms with E-state index in [2.05, 4.69) is 44.5 Å². The monoisotopic (exact) mass is 287 g/mol. The molecule has 0 aliphatic carbocycles. The fraction of sp³-hybridized carbons (Fsp3) is 0.0588. The van der Waals surface area contributed by atoms with Crippen molar-refractivity contribution < 1.29 is 0 Å². The summed E-state index contributed by atoms with van der Waals surface area (Å²) in [5.41, 5.74) is 3.68. The molecule has 106 valence electrons. The van der Waals surface area contributed by atoms with Crippen molar-refractivity contribution in [1.82, 2.24) is 15.0 Å². The number of benzene rings is 1. The molecule has 1 N–H and O–H groups in total. The molecule has 0 fully saturated rings. The van der Waals surface area contributed by atoms with Crippen molar-refractivity contribution in [2.75, 3.05) is 5.32 Å². The maximum absolute atomic E-state index is 8.68. The van der Waals surface area contributed by atoms with Crippen molar-refractivity contribution in [3.8, 4) is 17.2 Å². The van der Waals surface area contributed by atoms with E-state index >= 15 is 0 Å². The van der Waals surface area contributed by atoms with Crippen molar-refractivity contribution in [3.63, 3.8) is 0 Å². The molecule has 22 heavy (non-hydrogen) atoms. The number of rotatable bonds is 4. The Morgan fingerprint density at radius 1 is 0.955 bits per heavy atom. The Hall–Kier alpha value is -3.26. The van der Waals surface area contributed by atoms with E-state index in [-0.39, 0.29) is 0 Å². The predicted octanol–water partition coefficient (Wildman–Crippen LogP) is 3.02. The van der Waals surface area contributed by atoms with Gasteiger partial charge in [0.2, 0.25) is 0 Å². The highest BCUT2D eigenvalue weighted by Gasteiger charge is 2.00. The van der Waals surface area contributed by atoms with Gasteiger partial charge >= 0.3 is 0 Å². The van der Waals surface area contributed by atoms with Crippen LogP contribution in [0.5, 0.6) is 0 Å². The molecule has 3 rings (SSSR count). The molecule has 0 saturated heterocycles. The van der Waals surface area contributed by atoms with Gasteiger partial charge in [-0.2, -0.15) is 5.26 Å². The second kappa shape index (κ2) is 6.46. The molecule has 0 radical (unpaired) electrons. The number of anilines is 1. The average Bonchev–Trinajstić information content (AvgIpc) is 2.61. The first-order valence-corrected chi connectivity index (χ1v) is 6.80. The number of nitrogens with zero attached hydrogens (tertiary/aromatic N) is 4. The number of nitriles is 1. The molecule has 2 aromatic heterocycles. The average molecular weight is 287 g/mol.